The Balaban J connectivity index is 1.90. The maximum Gasteiger partial charge on any atom is 0.216 e. The number of rotatable bonds is 6. The summed E-state index contributed by atoms with van der Waals surface area (Å²) in [5, 5.41) is 2.94. The average Bonchev–Trinajstić information content (AvgIpc) is 2.52. The molecule has 0 saturated carbocycles. The van der Waals surface area contributed by atoms with Gasteiger partial charge in [0.1, 0.15) is 0 Å². The summed E-state index contributed by atoms with van der Waals surface area (Å²) >= 11 is 0. The molecule has 4 nitrogen and oxygen atoms in total. The zero-order chi connectivity index (χ0) is 15.1. The lowest BCUT2D eigenvalue weighted by Crippen LogP contribution is -2.40. The molecule has 1 aliphatic heterocycles. The van der Waals surface area contributed by atoms with Crippen LogP contribution in [0.1, 0.15) is 37.8 Å². The number of carbonyl (C=O) groups excluding carboxylic acids is 1. The minimum absolute atomic E-state index is 0.0720. The quantitative estimate of drug-likeness (QED) is 0.841. The molecular weight excluding hydrogens is 262 g/mol. The van der Waals surface area contributed by atoms with Gasteiger partial charge in [-0.1, -0.05) is 30.3 Å². The van der Waals surface area contributed by atoms with Crippen molar-refractivity contribution in [3.8, 4) is 0 Å². The Morgan fingerprint density at radius 3 is 2.57 bits per heavy atom. The van der Waals surface area contributed by atoms with Crippen molar-refractivity contribution in [1.82, 2.24) is 10.2 Å². The van der Waals surface area contributed by atoms with Gasteiger partial charge in [0, 0.05) is 19.5 Å². The molecule has 1 atom stereocenters. The van der Waals surface area contributed by atoms with Gasteiger partial charge in [0.25, 0.3) is 0 Å². The second-order valence-corrected chi connectivity index (χ2v) is 5.92. The number of likely N-dealkylation sites (tertiary alicyclic amines) is 1. The zero-order valence-electron chi connectivity index (χ0n) is 12.9. The summed E-state index contributed by atoms with van der Waals surface area (Å²) in [5.74, 6) is 0.683. The predicted octanol–water partition coefficient (Wildman–Crippen LogP) is 1.92. The largest absolute Gasteiger partial charge is 0.356 e. The molecule has 1 heterocycles. The van der Waals surface area contributed by atoms with Gasteiger partial charge >= 0.3 is 0 Å². The molecule has 3 N–H and O–H groups in total. The summed E-state index contributed by atoms with van der Waals surface area (Å²) in [4.78, 5) is 13.5. The Labute approximate surface area is 127 Å². The Kier molecular flexibility index (Phi) is 6.21. The first-order chi connectivity index (χ1) is 10.2. The van der Waals surface area contributed by atoms with E-state index >= 15 is 0 Å². The van der Waals surface area contributed by atoms with E-state index in [9.17, 15) is 4.79 Å². The molecule has 0 spiro atoms. The number of nitrogens with two attached hydrogens (primary N) is 1. The van der Waals surface area contributed by atoms with E-state index in [4.69, 9.17) is 5.73 Å². The molecule has 1 saturated heterocycles. The molecule has 2 rings (SSSR count). The fourth-order valence-corrected chi connectivity index (χ4v) is 3.15. The van der Waals surface area contributed by atoms with E-state index in [1.807, 2.05) is 0 Å². The first-order valence-electron chi connectivity index (χ1n) is 7.94. The highest BCUT2D eigenvalue weighted by Gasteiger charge is 2.25. The fraction of sp³-hybridized carbons (Fsp3) is 0.588. The Hall–Kier alpha value is -1.39. The lowest BCUT2D eigenvalue weighted by atomic mass is 9.93. The molecule has 21 heavy (non-hydrogen) atoms. The van der Waals surface area contributed by atoms with Gasteiger partial charge in [0.2, 0.25) is 5.91 Å². The maximum atomic E-state index is 11.0. The maximum absolute atomic E-state index is 11.0. The van der Waals surface area contributed by atoms with Crippen LogP contribution in [0.25, 0.3) is 0 Å². The molecular formula is C17H27N3O. The van der Waals surface area contributed by atoms with E-state index < -0.39 is 0 Å². The first kappa shape index (κ1) is 16.0. The topological polar surface area (TPSA) is 58.4 Å². The van der Waals surface area contributed by atoms with Crippen molar-refractivity contribution >= 4 is 5.91 Å². The third-order valence-corrected chi connectivity index (χ3v) is 4.35. The molecule has 1 aliphatic rings. The van der Waals surface area contributed by atoms with Crippen molar-refractivity contribution in [3.63, 3.8) is 0 Å². The molecule has 0 aromatic heterocycles. The van der Waals surface area contributed by atoms with Crippen molar-refractivity contribution in [3.05, 3.63) is 35.9 Å². The van der Waals surface area contributed by atoms with Gasteiger partial charge in [-0.2, -0.15) is 0 Å². The van der Waals surface area contributed by atoms with Crippen LogP contribution < -0.4 is 11.1 Å². The van der Waals surface area contributed by atoms with Gasteiger partial charge in [-0.3, -0.25) is 9.69 Å². The lowest BCUT2D eigenvalue weighted by molar-refractivity contribution is -0.119. The van der Waals surface area contributed by atoms with Crippen molar-refractivity contribution in [2.75, 3.05) is 26.2 Å². The number of nitrogens with one attached hydrogen (secondary N) is 1. The van der Waals surface area contributed by atoms with E-state index in [-0.39, 0.29) is 5.91 Å². The SMILES string of the molecule is CC(=O)NCC1CCN(C(CCN)c2ccccc2)CC1. The van der Waals surface area contributed by atoms with Gasteiger partial charge in [0.15, 0.2) is 0 Å². The average molecular weight is 289 g/mol. The highest BCUT2D eigenvalue weighted by molar-refractivity contribution is 5.72. The van der Waals surface area contributed by atoms with Gasteiger partial charge in [-0.15, -0.1) is 0 Å². The van der Waals surface area contributed by atoms with E-state index in [1.54, 1.807) is 6.92 Å². The molecule has 1 amide bonds. The van der Waals surface area contributed by atoms with Crippen LogP contribution in [0.3, 0.4) is 0 Å². The molecule has 0 bridgehead atoms. The number of benzene rings is 1. The summed E-state index contributed by atoms with van der Waals surface area (Å²) < 4.78 is 0. The fourth-order valence-electron chi connectivity index (χ4n) is 3.15. The van der Waals surface area contributed by atoms with Crippen LogP contribution in [-0.4, -0.2) is 37.0 Å². The van der Waals surface area contributed by atoms with Crippen molar-refractivity contribution in [2.45, 2.75) is 32.2 Å². The molecule has 116 valence electrons. The Bertz CT molecular complexity index is 427. The lowest BCUT2D eigenvalue weighted by Gasteiger charge is -2.38. The molecule has 0 radical (unpaired) electrons. The molecule has 1 unspecified atom stereocenters. The number of hydrogen-bond acceptors (Lipinski definition) is 3. The van der Waals surface area contributed by atoms with Crippen LogP contribution in [0.15, 0.2) is 30.3 Å². The zero-order valence-corrected chi connectivity index (χ0v) is 12.9. The second kappa shape index (κ2) is 8.15. The molecule has 4 heteroatoms. The summed E-state index contributed by atoms with van der Waals surface area (Å²) in [6, 6.07) is 11.1. The third kappa shape index (κ3) is 4.83. The normalized spacial score (nSPS) is 18.4. The van der Waals surface area contributed by atoms with Crippen LogP contribution >= 0.6 is 0 Å². The summed E-state index contributed by atoms with van der Waals surface area (Å²) in [6.45, 7) is 5.29. The van der Waals surface area contributed by atoms with Crippen molar-refractivity contribution in [2.24, 2.45) is 11.7 Å². The van der Waals surface area contributed by atoms with Gasteiger partial charge in [-0.05, 0) is 50.4 Å². The number of amides is 1. The summed E-state index contributed by atoms with van der Waals surface area (Å²) in [6.07, 6.45) is 3.29. The van der Waals surface area contributed by atoms with E-state index in [1.165, 1.54) is 5.56 Å². The Morgan fingerprint density at radius 1 is 1.33 bits per heavy atom. The standard InChI is InChI=1S/C17H27N3O/c1-14(21)19-13-15-8-11-20(12-9-15)17(7-10-18)16-5-3-2-4-6-16/h2-6,15,17H,7-13,18H2,1H3,(H,19,21). The van der Waals surface area contributed by atoms with E-state index in [2.05, 4.69) is 40.5 Å². The highest BCUT2D eigenvalue weighted by Crippen LogP contribution is 2.28. The van der Waals surface area contributed by atoms with Gasteiger partial charge < -0.3 is 11.1 Å². The number of nitrogens with zero attached hydrogens (tertiary/aromatic N) is 1. The van der Waals surface area contributed by atoms with Crippen LogP contribution in [-0.2, 0) is 4.79 Å². The highest BCUT2D eigenvalue weighted by atomic mass is 16.1. The monoisotopic (exact) mass is 289 g/mol. The van der Waals surface area contributed by atoms with Crippen LogP contribution in [0, 0.1) is 5.92 Å². The molecule has 1 aromatic carbocycles. The number of carbonyl (C=O) groups is 1. The predicted molar refractivity (Wildman–Crippen MR) is 85.8 cm³/mol. The Morgan fingerprint density at radius 2 is 2.00 bits per heavy atom. The van der Waals surface area contributed by atoms with Crippen molar-refractivity contribution < 1.29 is 4.79 Å². The first-order valence-corrected chi connectivity index (χ1v) is 7.94. The van der Waals surface area contributed by atoms with E-state index in [0.717, 1.165) is 38.9 Å². The molecule has 1 aromatic rings. The molecule has 0 aliphatic carbocycles. The minimum Gasteiger partial charge on any atom is -0.356 e. The van der Waals surface area contributed by atoms with Gasteiger partial charge in [-0.25, -0.2) is 0 Å². The van der Waals surface area contributed by atoms with Crippen LogP contribution in [0.2, 0.25) is 0 Å². The summed E-state index contributed by atoms with van der Waals surface area (Å²) in [7, 11) is 0. The van der Waals surface area contributed by atoms with Crippen LogP contribution in [0.4, 0.5) is 0 Å². The third-order valence-electron chi connectivity index (χ3n) is 4.35. The minimum atomic E-state index is 0.0720. The molecule has 1 fully saturated rings. The van der Waals surface area contributed by atoms with Gasteiger partial charge in [0.05, 0.1) is 0 Å². The summed E-state index contributed by atoms with van der Waals surface area (Å²) in [5.41, 5.74) is 7.17. The number of hydrogen-bond donors (Lipinski definition) is 2. The second-order valence-electron chi connectivity index (χ2n) is 5.92. The smallest absolute Gasteiger partial charge is 0.216 e. The van der Waals surface area contributed by atoms with E-state index in [0.29, 0.717) is 18.5 Å². The number of piperidine rings is 1. The van der Waals surface area contributed by atoms with Crippen molar-refractivity contribution in [1.29, 1.82) is 0 Å². The van der Waals surface area contributed by atoms with Crippen LogP contribution in [0.5, 0.6) is 0 Å².